The first-order valence-electron chi connectivity index (χ1n) is 7.26. The van der Waals surface area contributed by atoms with Crippen LogP contribution in [-0.2, 0) is 6.42 Å². The molecule has 0 radical (unpaired) electrons. The van der Waals surface area contributed by atoms with E-state index in [0.29, 0.717) is 0 Å². The number of halogens is 1. The molecule has 1 aliphatic heterocycles. The molecule has 0 saturated carbocycles. The lowest BCUT2D eigenvalue weighted by atomic mass is 9.77. The molecule has 2 heteroatoms. The van der Waals surface area contributed by atoms with E-state index in [1.807, 2.05) is 0 Å². The van der Waals surface area contributed by atoms with Crippen molar-refractivity contribution in [1.29, 1.82) is 0 Å². The van der Waals surface area contributed by atoms with Gasteiger partial charge in [0.05, 0.1) is 0 Å². The van der Waals surface area contributed by atoms with Crippen LogP contribution in [0.1, 0.15) is 42.7 Å². The van der Waals surface area contributed by atoms with Crippen LogP contribution in [-0.4, -0.2) is 29.4 Å². The SMILES string of the molecule is BrCCC1CCCCN1CC1Cc2ccccc21. The zero-order valence-corrected chi connectivity index (χ0v) is 12.5. The number of piperidine rings is 1. The van der Waals surface area contributed by atoms with Crippen molar-refractivity contribution in [2.24, 2.45) is 0 Å². The Morgan fingerprint density at radius 1 is 1.22 bits per heavy atom. The predicted molar refractivity (Wildman–Crippen MR) is 80.5 cm³/mol. The molecule has 3 rings (SSSR count). The van der Waals surface area contributed by atoms with Gasteiger partial charge in [-0.25, -0.2) is 0 Å². The van der Waals surface area contributed by atoms with Gasteiger partial charge in [0.25, 0.3) is 0 Å². The van der Waals surface area contributed by atoms with Gasteiger partial charge in [-0.3, -0.25) is 4.90 Å². The topological polar surface area (TPSA) is 3.24 Å². The van der Waals surface area contributed by atoms with Crippen LogP contribution < -0.4 is 0 Å². The molecule has 98 valence electrons. The molecular formula is C16H22BrN. The van der Waals surface area contributed by atoms with Gasteiger partial charge in [0.2, 0.25) is 0 Å². The molecule has 18 heavy (non-hydrogen) atoms. The van der Waals surface area contributed by atoms with Gasteiger partial charge < -0.3 is 0 Å². The minimum absolute atomic E-state index is 0.803. The highest BCUT2D eigenvalue weighted by Gasteiger charge is 2.30. The van der Waals surface area contributed by atoms with E-state index in [2.05, 4.69) is 45.1 Å². The maximum absolute atomic E-state index is 3.61. The van der Waals surface area contributed by atoms with Crippen LogP contribution in [0.15, 0.2) is 24.3 Å². The average Bonchev–Trinajstić information content (AvgIpc) is 2.38. The van der Waals surface area contributed by atoms with Crippen molar-refractivity contribution in [3.05, 3.63) is 35.4 Å². The van der Waals surface area contributed by atoms with E-state index in [1.165, 1.54) is 45.2 Å². The molecule has 1 heterocycles. The van der Waals surface area contributed by atoms with E-state index < -0.39 is 0 Å². The first-order valence-corrected chi connectivity index (χ1v) is 8.38. The molecule has 0 spiro atoms. The Balaban J connectivity index is 1.62. The highest BCUT2D eigenvalue weighted by molar-refractivity contribution is 9.09. The summed E-state index contributed by atoms with van der Waals surface area (Å²) in [7, 11) is 0. The zero-order valence-electron chi connectivity index (χ0n) is 10.9. The lowest BCUT2D eigenvalue weighted by Gasteiger charge is -2.41. The van der Waals surface area contributed by atoms with Crippen LogP contribution >= 0.6 is 15.9 Å². The Hall–Kier alpha value is -0.340. The monoisotopic (exact) mass is 307 g/mol. The van der Waals surface area contributed by atoms with Crippen LogP contribution in [0.5, 0.6) is 0 Å². The van der Waals surface area contributed by atoms with Gasteiger partial charge in [-0.1, -0.05) is 46.6 Å². The number of rotatable bonds is 4. The van der Waals surface area contributed by atoms with Gasteiger partial charge >= 0.3 is 0 Å². The van der Waals surface area contributed by atoms with Crippen LogP contribution in [0.25, 0.3) is 0 Å². The average molecular weight is 308 g/mol. The second kappa shape index (κ2) is 5.75. The summed E-state index contributed by atoms with van der Waals surface area (Å²) in [5.74, 6) is 0.803. The van der Waals surface area contributed by atoms with Gasteiger partial charge in [-0.15, -0.1) is 0 Å². The number of nitrogens with zero attached hydrogens (tertiary/aromatic N) is 1. The van der Waals surface area contributed by atoms with Crippen molar-refractivity contribution < 1.29 is 0 Å². The summed E-state index contributed by atoms with van der Waals surface area (Å²) in [5.41, 5.74) is 3.19. The minimum atomic E-state index is 0.803. The van der Waals surface area contributed by atoms with Crippen LogP contribution in [0, 0.1) is 0 Å². The quantitative estimate of drug-likeness (QED) is 0.761. The minimum Gasteiger partial charge on any atom is -0.300 e. The Kier molecular flexibility index (Phi) is 4.05. The molecule has 0 bridgehead atoms. The lowest BCUT2D eigenvalue weighted by molar-refractivity contribution is 0.132. The van der Waals surface area contributed by atoms with Crippen molar-refractivity contribution in [3.63, 3.8) is 0 Å². The number of alkyl halides is 1. The fourth-order valence-electron chi connectivity index (χ4n) is 3.56. The third kappa shape index (κ3) is 2.50. The summed E-state index contributed by atoms with van der Waals surface area (Å²) in [6, 6.07) is 9.80. The fourth-order valence-corrected chi connectivity index (χ4v) is 4.09. The van der Waals surface area contributed by atoms with E-state index in [-0.39, 0.29) is 0 Å². The molecular weight excluding hydrogens is 286 g/mol. The largest absolute Gasteiger partial charge is 0.300 e. The molecule has 1 nitrogen and oxygen atoms in total. The molecule has 0 N–H and O–H groups in total. The molecule has 1 saturated heterocycles. The highest BCUT2D eigenvalue weighted by Crippen LogP contribution is 2.36. The molecule has 0 aromatic heterocycles. The van der Waals surface area contributed by atoms with E-state index in [0.717, 1.165) is 17.3 Å². The van der Waals surface area contributed by atoms with Gasteiger partial charge in [-0.2, -0.15) is 0 Å². The zero-order chi connectivity index (χ0) is 12.4. The molecule has 1 fully saturated rings. The molecule has 1 aromatic rings. The first-order chi connectivity index (χ1) is 8.88. The summed E-state index contributed by atoms with van der Waals surface area (Å²) in [6.07, 6.45) is 6.84. The van der Waals surface area contributed by atoms with Crippen molar-refractivity contribution in [1.82, 2.24) is 4.90 Å². The first kappa shape index (κ1) is 12.7. The van der Waals surface area contributed by atoms with E-state index in [1.54, 1.807) is 11.1 Å². The van der Waals surface area contributed by atoms with Crippen molar-refractivity contribution >= 4 is 15.9 Å². The van der Waals surface area contributed by atoms with Gasteiger partial charge in [0.15, 0.2) is 0 Å². The Labute approximate surface area is 119 Å². The molecule has 2 aliphatic rings. The summed E-state index contributed by atoms with van der Waals surface area (Å²) in [5, 5.41) is 1.15. The summed E-state index contributed by atoms with van der Waals surface area (Å²) < 4.78 is 0. The third-order valence-electron chi connectivity index (χ3n) is 4.61. The lowest BCUT2D eigenvalue weighted by Crippen LogP contribution is -2.43. The highest BCUT2D eigenvalue weighted by atomic mass is 79.9. The maximum Gasteiger partial charge on any atom is 0.0103 e. The van der Waals surface area contributed by atoms with Gasteiger partial charge in [0, 0.05) is 23.8 Å². The van der Waals surface area contributed by atoms with Crippen molar-refractivity contribution in [2.45, 2.75) is 44.1 Å². The Morgan fingerprint density at radius 2 is 2.11 bits per heavy atom. The Bertz CT molecular complexity index is 402. The Morgan fingerprint density at radius 3 is 2.94 bits per heavy atom. The molecule has 2 atom stereocenters. The van der Waals surface area contributed by atoms with E-state index >= 15 is 0 Å². The summed E-state index contributed by atoms with van der Waals surface area (Å²) >= 11 is 3.61. The number of fused-ring (bicyclic) bond motifs is 1. The summed E-state index contributed by atoms with van der Waals surface area (Å²) in [4.78, 5) is 2.76. The third-order valence-corrected chi connectivity index (χ3v) is 5.07. The smallest absolute Gasteiger partial charge is 0.0103 e. The van der Waals surface area contributed by atoms with Gasteiger partial charge in [-0.05, 0) is 43.4 Å². The number of benzene rings is 1. The van der Waals surface area contributed by atoms with Gasteiger partial charge in [0.1, 0.15) is 0 Å². The molecule has 1 aliphatic carbocycles. The van der Waals surface area contributed by atoms with E-state index in [4.69, 9.17) is 0 Å². The maximum atomic E-state index is 3.61. The predicted octanol–water partition coefficient (Wildman–Crippen LogP) is 3.97. The van der Waals surface area contributed by atoms with Crippen molar-refractivity contribution in [3.8, 4) is 0 Å². The van der Waals surface area contributed by atoms with Crippen LogP contribution in [0.3, 0.4) is 0 Å². The molecule has 2 unspecified atom stereocenters. The fraction of sp³-hybridized carbons (Fsp3) is 0.625. The standard InChI is InChI=1S/C16H22BrN/c17-9-8-15-6-3-4-10-18(15)12-14-11-13-5-1-2-7-16(13)14/h1-2,5,7,14-15H,3-4,6,8-12H2. The van der Waals surface area contributed by atoms with Crippen molar-refractivity contribution in [2.75, 3.05) is 18.4 Å². The normalized spacial score (nSPS) is 27.6. The number of hydrogen-bond acceptors (Lipinski definition) is 1. The second-order valence-electron chi connectivity index (χ2n) is 5.72. The molecule has 1 aromatic carbocycles. The number of hydrogen-bond donors (Lipinski definition) is 0. The molecule has 0 amide bonds. The second-order valence-corrected chi connectivity index (χ2v) is 6.52. The number of likely N-dealkylation sites (tertiary alicyclic amines) is 1. The van der Waals surface area contributed by atoms with E-state index in [9.17, 15) is 0 Å². The summed E-state index contributed by atoms with van der Waals surface area (Å²) in [6.45, 7) is 2.60. The van der Waals surface area contributed by atoms with Crippen LogP contribution in [0.2, 0.25) is 0 Å². The van der Waals surface area contributed by atoms with Crippen LogP contribution in [0.4, 0.5) is 0 Å².